The van der Waals surface area contributed by atoms with Gasteiger partial charge in [0.2, 0.25) is 0 Å². The first-order valence-electron chi connectivity index (χ1n) is 5.82. The van der Waals surface area contributed by atoms with Crippen molar-refractivity contribution < 1.29 is 4.74 Å². The lowest BCUT2D eigenvalue weighted by atomic mass is 9.90. The van der Waals surface area contributed by atoms with Crippen LogP contribution in [0.1, 0.15) is 49.8 Å². The highest BCUT2D eigenvalue weighted by Gasteiger charge is 2.15. The highest BCUT2D eigenvalue weighted by molar-refractivity contribution is 5.48. The zero-order valence-electron chi connectivity index (χ0n) is 10.6. The fourth-order valence-electron chi connectivity index (χ4n) is 2.08. The predicted molar refractivity (Wildman–Crippen MR) is 65.8 cm³/mol. The number of rotatable bonds is 4. The summed E-state index contributed by atoms with van der Waals surface area (Å²) in [4.78, 5) is 0. The molecule has 0 aromatic heterocycles. The fourth-order valence-corrected chi connectivity index (χ4v) is 2.08. The Morgan fingerprint density at radius 3 is 2.40 bits per heavy atom. The summed E-state index contributed by atoms with van der Waals surface area (Å²) in [6.45, 7) is 8.84. The molecule has 0 heterocycles. The zero-order valence-corrected chi connectivity index (χ0v) is 10.6. The van der Waals surface area contributed by atoms with E-state index in [1.54, 1.807) is 7.11 Å². The van der Waals surface area contributed by atoms with Gasteiger partial charge >= 0.3 is 0 Å². The van der Waals surface area contributed by atoms with Gasteiger partial charge < -0.3 is 4.74 Å². The van der Waals surface area contributed by atoms with E-state index in [-0.39, 0.29) is 0 Å². The highest BCUT2D eigenvalue weighted by Crippen LogP contribution is 2.34. The van der Waals surface area contributed by atoms with Crippen molar-refractivity contribution in [3.8, 4) is 5.75 Å². The molecule has 1 nitrogen and oxygen atoms in total. The quantitative estimate of drug-likeness (QED) is 0.721. The number of ether oxygens (including phenoxy) is 1. The van der Waals surface area contributed by atoms with Crippen molar-refractivity contribution >= 4 is 0 Å². The van der Waals surface area contributed by atoms with Crippen molar-refractivity contribution in [1.82, 2.24) is 0 Å². The van der Waals surface area contributed by atoms with Crippen LogP contribution < -0.4 is 4.74 Å². The Kier molecular flexibility index (Phi) is 4.19. The third-order valence-electron chi connectivity index (χ3n) is 3.19. The minimum atomic E-state index is 0.575. The highest BCUT2D eigenvalue weighted by atomic mass is 16.5. The smallest absolute Gasteiger partial charge is 0.125 e. The van der Waals surface area contributed by atoms with E-state index >= 15 is 0 Å². The van der Waals surface area contributed by atoms with E-state index in [9.17, 15) is 0 Å². The minimum Gasteiger partial charge on any atom is -0.496 e. The number of hydrogen-bond acceptors (Lipinski definition) is 1. The lowest BCUT2D eigenvalue weighted by Crippen LogP contribution is -2.02. The van der Waals surface area contributed by atoms with Crippen LogP contribution in [-0.2, 0) is 6.42 Å². The van der Waals surface area contributed by atoms with Crippen LogP contribution in [0.2, 0.25) is 0 Å². The first-order chi connectivity index (χ1) is 7.15. The van der Waals surface area contributed by atoms with Crippen LogP contribution in [0.15, 0.2) is 12.1 Å². The van der Waals surface area contributed by atoms with E-state index in [1.807, 2.05) is 0 Å². The van der Waals surface area contributed by atoms with Crippen LogP contribution in [-0.4, -0.2) is 7.11 Å². The Bertz CT molecular complexity index is 328. The molecule has 0 aliphatic heterocycles. The molecule has 1 unspecified atom stereocenters. The topological polar surface area (TPSA) is 9.23 Å². The van der Waals surface area contributed by atoms with Crippen LogP contribution >= 0.6 is 0 Å². The average Bonchev–Trinajstić information content (AvgIpc) is 2.27. The molecule has 1 aromatic carbocycles. The van der Waals surface area contributed by atoms with Gasteiger partial charge in [0.15, 0.2) is 0 Å². The summed E-state index contributed by atoms with van der Waals surface area (Å²) in [5.41, 5.74) is 4.05. The van der Waals surface area contributed by atoms with E-state index in [0.717, 1.165) is 18.6 Å². The molecule has 0 saturated heterocycles. The molecule has 1 rings (SSSR count). The summed E-state index contributed by atoms with van der Waals surface area (Å²) in [5.74, 6) is 1.68. The summed E-state index contributed by atoms with van der Waals surface area (Å²) in [5, 5.41) is 0. The fraction of sp³-hybridized carbons (Fsp3) is 0.571. The van der Waals surface area contributed by atoms with Gasteiger partial charge in [0.1, 0.15) is 5.75 Å². The second-order valence-electron chi connectivity index (χ2n) is 4.15. The standard InChI is InChI=1S/C14H22O/c1-6-10(3)13-11(4)8-9-12(7-2)14(13)15-5/h8-10H,6-7H2,1-5H3. The molecule has 0 N–H and O–H groups in total. The maximum Gasteiger partial charge on any atom is 0.125 e. The predicted octanol–water partition coefficient (Wildman–Crippen LogP) is 4.08. The maximum atomic E-state index is 5.57. The molecule has 0 aliphatic rings. The van der Waals surface area contributed by atoms with Crippen molar-refractivity contribution in [2.45, 2.75) is 46.5 Å². The zero-order chi connectivity index (χ0) is 11.4. The molecule has 15 heavy (non-hydrogen) atoms. The average molecular weight is 206 g/mol. The van der Waals surface area contributed by atoms with Crippen LogP contribution in [0.25, 0.3) is 0 Å². The largest absolute Gasteiger partial charge is 0.496 e. The van der Waals surface area contributed by atoms with Gasteiger partial charge in [0.05, 0.1) is 7.11 Å². The Morgan fingerprint density at radius 1 is 1.27 bits per heavy atom. The Hall–Kier alpha value is -0.980. The summed E-state index contributed by atoms with van der Waals surface area (Å²) < 4.78 is 5.57. The van der Waals surface area contributed by atoms with Gasteiger partial charge in [-0.25, -0.2) is 0 Å². The molecule has 0 amide bonds. The second-order valence-corrected chi connectivity index (χ2v) is 4.15. The number of hydrogen-bond donors (Lipinski definition) is 0. The second kappa shape index (κ2) is 5.20. The lowest BCUT2D eigenvalue weighted by molar-refractivity contribution is 0.400. The first-order valence-corrected chi connectivity index (χ1v) is 5.82. The molecular weight excluding hydrogens is 184 g/mol. The molecule has 0 saturated carbocycles. The molecule has 84 valence electrons. The number of aryl methyl sites for hydroxylation is 2. The first kappa shape index (κ1) is 12.1. The minimum absolute atomic E-state index is 0.575. The number of benzene rings is 1. The lowest BCUT2D eigenvalue weighted by Gasteiger charge is -2.19. The Labute approximate surface area is 93.5 Å². The van der Waals surface area contributed by atoms with Crippen molar-refractivity contribution in [1.29, 1.82) is 0 Å². The third kappa shape index (κ3) is 2.34. The van der Waals surface area contributed by atoms with Gasteiger partial charge in [-0.05, 0) is 36.8 Å². The summed E-state index contributed by atoms with van der Waals surface area (Å²) >= 11 is 0. The monoisotopic (exact) mass is 206 g/mol. The van der Waals surface area contributed by atoms with Crippen molar-refractivity contribution in [3.63, 3.8) is 0 Å². The normalized spacial score (nSPS) is 12.6. The van der Waals surface area contributed by atoms with Gasteiger partial charge in [-0.15, -0.1) is 0 Å². The Morgan fingerprint density at radius 2 is 1.93 bits per heavy atom. The molecule has 0 aliphatic carbocycles. The SMILES string of the molecule is CCc1ccc(C)c(C(C)CC)c1OC. The van der Waals surface area contributed by atoms with Crippen LogP contribution in [0.4, 0.5) is 0 Å². The molecular formula is C14H22O. The van der Waals surface area contributed by atoms with E-state index in [4.69, 9.17) is 4.74 Å². The van der Waals surface area contributed by atoms with E-state index in [0.29, 0.717) is 5.92 Å². The van der Waals surface area contributed by atoms with Gasteiger partial charge in [-0.1, -0.05) is 32.9 Å². The van der Waals surface area contributed by atoms with Crippen molar-refractivity contribution in [2.24, 2.45) is 0 Å². The maximum absolute atomic E-state index is 5.57. The molecule has 1 aromatic rings. The van der Waals surface area contributed by atoms with Crippen LogP contribution in [0.5, 0.6) is 5.75 Å². The van der Waals surface area contributed by atoms with Gasteiger partial charge in [-0.3, -0.25) is 0 Å². The summed E-state index contributed by atoms with van der Waals surface area (Å²) in [6.07, 6.45) is 2.19. The van der Waals surface area contributed by atoms with E-state index < -0.39 is 0 Å². The van der Waals surface area contributed by atoms with E-state index in [2.05, 4.69) is 39.8 Å². The molecule has 0 spiro atoms. The summed E-state index contributed by atoms with van der Waals surface area (Å²) in [7, 11) is 1.78. The molecule has 0 radical (unpaired) electrons. The molecule has 1 heteroatoms. The molecule has 0 fully saturated rings. The summed E-state index contributed by atoms with van der Waals surface area (Å²) in [6, 6.07) is 4.39. The van der Waals surface area contributed by atoms with E-state index in [1.165, 1.54) is 16.7 Å². The Balaban J connectivity index is 3.31. The van der Waals surface area contributed by atoms with Gasteiger partial charge in [-0.2, -0.15) is 0 Å². The molecule has 1 atom stereocenters. The van der Waals surface area contributed by atoms with Crippen molar-refractivity contribution in [2.75, 3.05) is 7.11 Å². The van der Waals surface area contributed by atoms with Crippen molar-refractivity contribution in [3.05, 3.63) is 28.8 Å². The van der Waals surface area contributed by atoms with Crippen LogP contribution in [0, 0.1) is 6.92 Å². The third-order valence-corrected chi connectivity index (χ3v) is 3.19. The number of methoxy groups -OCH3 is 1. The van der Waals surface area contributed by atoms with Gasteiger partial charge in [0, 0.05) is 5.56 Å². The van der Waals surface area contributed by atoms with Gasteiger partial charge in [0.25, 0.3) is 0 Å². The van der Waals surface area contributed by atoms with Crippen LogP contribution in [0.3, 0.4) is 0 Å². The molecule has 0 bridgehead atoms.